The lowest BCUT2D eigenvalue weighted by Crippen LogP contribution is -2.46. The molecule has 20 heavy (non-hydrogen) atoms. The van der Waals surface area contributed by atoms with Crippen LogP contribution in [0.5, 0.6) is 0 Å². The molecule has 7 heteroatoms. The van der Waals surface area contributed by atoms with Crippen LogP contribution in [0.1, 0.15) is 12.0 Å². The normalized spacial score (nSPS) is 11.7. The second-order valence-corrected chi connectivity index (χ2v) is 5.04. The van der Waals surface area contributed by atoms with Gasteiger partial charge in [0, 0.05) is 31.2 Å². The largest absolute Gasteiger partial charge is 0.480 e. The van der Waals surface area contributed by atoms with E-state index in [4.69, 9.17) is 9.84 Å². The summed E-state index contributed by atoms with van der Waals surface area (Å²) in [6.07, 6.45) is 0.220. The molecule has 1 aromatic carbocycles. The van der Waals surface area contributed by atoms with Crippen LogP contribution >= 0.6 is 15.9 Å². The van der Waals surface area contributed by atoms with Crippen molar-refractivity contribution in [3.63, 3.8) is 0 Å². The molecule has 1 rings (SSSR count). The molecule has 0 aliphatic heterocycles. The molecule has 0 saturated heterocycles. The smallest absolute Gasteiger partial charge is 0.326 e. The quantitative estimate of drug-likeness (QED) is 0.702. The van der Waals surface area contributed by atoms with Crippen molar-refractivity contribution in [3.8, 4) is 0 Å². The third-order valence-corrected chi connectivity index (χ3v) is 3.11. The molecule has 1 atom stereocenters. The Morgan fingerprint density at radius 3 is 2.55 bits per heavy atom. The van der Waals surface area contributed by atoms with Gasteiger partial charge in [0.2, 0.25) is 0 Å². The molecular formula is C13H17BrN2O4. The molecule has 0 aromatic heterocycles. The topological polar surface area (TPSA) is 87.7 Å². The average Bonchev–Trinajstić information content (AvgIpc) is 2.42. The van der Waals surface area contributed by atoms with E-state index in [0.29, 0.717) is 6.54 Å². The van der Waals surface area contributed by atoms with Crippen molar-refractivity contribution >= 4 is 27.9 Å². The van der Waals surface area contributed by atoms with Gasteiger partial charge in [-0.15, -0.1) is 0 Å². The summed E-state index contributed by atoms with van der Waals surface area (Å²) >= 11 is 3.32. The molecule has 1 unspecified atom stereocenters. The number of methoxy groups -OCH3 is 1. The van der Waals surface area contributed by atoms with E-state index in [1.54, 1.807) is 0 Å². The van der Waals surface area contributed by atoms with Crippen molar-refractivity contribution in [2.45, 2.75) is 19.0 Å². The van der Waals surface area contributed by atoms with Gasteiger partial charge in [0.25, 0.3) is 0 Å². The number of ether oxygens (including phenoxy) is 1. The zero-order valence-corrected chi connectivity index (χ0v) is 12.6. The third kappa shape index (κ3) is 6.03. The number of amides is 2. The summed E-state index contributed by atoms with van der Waals surface area (Å²) in [7, 11) is 1.48. The lowest BCUT2D eigenvalue weighted by atomic mass is 10.2. The Hall–Kier alpha value is -1.60. The lowest BCUT2D eigenvalue weighted by Gasteiger charge is -2.14. The molecular weight excluding hydrogens is 328 g/mol. The molecule has 0 fully saturated rings. The molecule has 110 valence electrons. The minimum atomic E-state index is -1.08. The lowest BCUT2D eigenvalue weighted by molar-refractivity contribution is -0.139. The van der Waals surface area contributed by atoms with Crippen LogP contribution in [0.2, 0.25) is 0 Å². The van der Waals surface area contributed by atoms with Gasteiger partial charge >= 0.3 is 12.0 Å². The molecule has 0 aliphatic rings. The first-order chi connectivity index (χ1) is 9.52. The first-order valence-electron chi connectivity index (χ1n) is 6.03. The van der Waals surface area contributed by atoms with E-state index in [1.165, 1.54) is 7.11 Å². The van der Waals surface area contributed by atoms with Crippen LogP contribution in [-0.2, 0) is 16.1 Å². The van der Waals surface area contributed by atoms with Gasteiger partial charge in [-0.1, -0.05) is 28.1 Å². The highest BCUT2D eigenvalue weighted by Crippen LogP contribution is 2.10. The van der Waals surface area contributed by atoms with E-state index in [1.807, 2.05) is 24.3 Å². The Morgan fingerprint density at radius 2 is 2.00 bits per heavy atom. The number of carboxylic acid groups (broad SMARTS) is 1. The Balaban J connectivity index is 2.41. The molecule has 6 nitrogen and oxygen atoms in total. The van der Waals surface area contributed by atoms with Crippen molar-refractivity contribution in [1.82, 2.24) is 10.6 Å². The highest BCUT2D eigenvalue weighted by molar-refractivity contribution is 9.10. The number of carboxylic acids is 1. The Kier molecular flexibility index (Phi) is 7.03. The molecule has 0 radical (unpaired) electrons. The predicted octanol–water partition coefficient (Wildman–Crippen LogP) is 1.74. The van der Waals surface area contributed by atoms with Gasteiger partial charge in [-0.2, -0.15) is 0 Å². The number of carbonyl (C=O) groups excluding carboxylic acids is 1. The first-order valence-corrected chi connectivity index (χ1v) is 6.82. The highest BCUT2D eigenvalue weighted by atomic mass is 79.9. The molecule has 0 spiro atoms. The number of urea groups is 1. The average molecular weight is 345 g/mol. The van der Waals surface area contributed by atoms with Crippen molar-refractivity contribution in [2.75, 3.05) is 13.7 Å². The van der Waals surface area contributed by atoms with Gasteiger partial charge in [0.05, 0.1) is 0 Å². The molecule has 0 bridgehead atoms. The number of hydrogen-bond donors (Lipinski definition) is 3. The highest BCUT2D eigenvalue weighted by Gasteiger charge is 2.19. The number of halogens is 1. The van der Waals surface area contributed by atoms with Crippen molar-refractivity contribution < 1.29 is 19.4 Å². The van der Waals surface area contributed by atoms with Gasteiger partial charge in [0.1, 0.15) is 6.04 Å². The summed E-state index contributed by atoms with van der Waals surface area (Å²) in [6, 6.07) is 5.99. The predicted molar refractivity (Wildman–Crippen MR) is 77.4 cm³/mol. The fourth-order valence-corrected chi connectivity index (χ4v) is 1.75. The Labute approximate surface area is 125 Å². The van der Waals surface area contributed by atoms with Gasteiger partial charge in [-0.3, -0.25) is 0 Å². The van der Waals surface area contributed by atoms with Crippen LogP contribution in [0, 0.1) is 0 Å². The molecule has 1 aromatic rings. The van der Waals surface area contributed by atoms with Crippen LogP contribution in [-0.4, -0.2) is 36.9 Å². The van der Waals surface area contributed by atoms with Gasteiger partial charge in [-0.25, -0.2) is 9.59 Å². The third-order valence-electron chi connectivity index (χ3n) is 2.58. The van der Waals surface area contributed by atoms with Crippen LogP contribution in [0.3, 0.4) is 0 Å². The van der Waals surface area contributed by atoms with Crippen LogP contribution < -0.4 is 10.6 Å². The van der Waals surface area contributed by atoms with Crippen molar-refractivity contribution in [1.29, 1.82) is 0 Å². The number of hydrogen-bond acceptors (Lipinski definition) is 3. The second-order valence-electron chi connectivity index (χ2n) is 4.13. The molecule has 0 aliphatic carbocycles. The summed E-state index contributed by atoms with van der Waals surface area (Å²) in [6.45, 7) is 0.597. The van der Waals surface area contributed by atoms with E-state index < -0.39 is 18.0 Å². The van der Waals surface area contributed by atoms with Gasteiger partial charge in [-0.05, 0) is 17.7 Å². The fraction of sp³-hybridized carbons (Fsp3) is 0.385. The summed E-state index contributed by atoms with van der Waals surface area (Å²) in [5.74, 6) is -1.08. The van der Waals surface area contributed by atoms with E-state index in [2.05, 4.69) is 26.6 Å². The summed E-state index contributed by atoms with van der Waals surface area (Å²) in [5, 5.41) is 14.0. The Morgan fingerprint density at radius 1 is 1.35 bits per heavy atom. The summed E-state index contributed by atoms with van der Waals surface area (Å²) in [4.78, 5) is 22.6. The Bertz CT molecular complexity index is 450. The van der Waals surface area contributed by atoms with E-state index in [9.17, 15) is 9.59 Å². The zero-order chi connectivity index (χ0) is 15.0. The van der Waals surface area contributed by atoms with Gasteiger partial charge < -0.3 is 20.5 Å². The van der Waals surface area contributed by atoms with E-state index >= 15 is 0 Å². The first kappa shape index (κ1) is 16.5. The number of rotatable bonds is 7. The standard InChI is InChI=1S/C13H17BrN2O4/c1-20-7-6-11(12(17)18)16-13(19)15-8-9-2-4-10(14)5-3-9/h2-5,11H,6-8H2,1H3,(H,17,18)(H2,15,16,19). The number of benzene rings is 1. The molecule has 3 N–H and O–H groups in total. The molecule has 0 saturated carbocycles. The number of carbonyl (C=O) groups is 2. The molecule has 2 amide bonds. The monoisotopic (exact) mass is 344 g/mol. The van der Waals surface area contributed by atoms with Crippen LogP contribution in [0.15, 0.2) is 28.7 Å². The summed E-state index contributed by atoms with van der Waals surface area (Å²) < 4.78 is 5.76. The van der Waals surface area contributed by atoms with Crippen LogP contribution in [0.25, 0.3) is 0 Å². The van der Waals surface area contributed by atoms with Crippen molar-refractivity contribution in [3.05, 3.63) is 34.3 Å². The van der Waals surface area contributed by atoms with Gasteiger partial charge in [0.15, 0.2) is 0 Å². The number of aliphatic carboxylic acids is 1. The maximum Gasteiger partial charge on any atom is 0.326 e. The van der Waals surface area contributed by atoms with E-state index in [-0.39, 0.29) is 13.0 Å². The maximum atomic E-state index is 11.6. The fourth-order valence-electron chi connectivity index (χ4n) is 1.49. The van der Waals surface area contributed by atoms with E-state index in [0.717, 1.165) is 10.0 Å². The minimum absolute atomic E-state index is 0.220. The van der Waals surface area contributed by atoms with Crippen LogP contribution in [0.4, 0.5) is 4.79 Å². The minimum Gasteiger partial charge on any atom is -0.480 e. The SMILES string of the molecule is COCCC(NC(=O)NCc1ccc(Br)cc1)C(=O)O. The zero-order valence-electron chi connectivity index (χ0n) is 11.1. The second kappa shape index (κ2) is 8.55. The summed E-state index contributed by atoms with van der Waals surface area (Å²) in [5.41, 5.74) is 0.923. The van der Waals surface area contributed by atoms with Crippen molar-refractivity contribution in [2.24, 2.45) is 0 Å². The molecule has 0 heterocycles. The maximum absolute atomic E-state index is 11.6. The number of nitrogens with one attached hydrogen (secondary N) is 2.